The van der Waals surface area contributed by atoms with Gasteiger partial charge in [-0.25, -0.2) is 0 Å². The first-order valence-corrected chi connectivity index (χ1v) is 6.56. The maximum absolute atomic E-state index is 12.2. The molecule has 0 saturated carbocycles. The number of fused-ring (bicyclic) bond motifs is 3. The fourth-order valence-electron chi connectivity index (χ4n) is 2.28. The Hall–Kier alpha value is -1.74. The summed E-state index contributed by atoms with van der Waals surface area (Å²) in [5.74, 6) is 0.0817. The predicted molar refractivity (Wildman–Crippen MR) is 71.5 cm³/mol. The number of rotatable bonds is 1. The molecule has 1 aliphatic carbocycles. The highest BCUT2D eigenvalue weighted by Gasteiger charge is 2.28. The van der Waals surface area contributed by atoms with Crippen LogP contribution in [-0.2, 0) is 0 Å². The number of nitrogens with two attached hydrogens (primary N) is 1. The normalized spacial score (nSPS) is 12.4. The summed E-state index contributed by atoms with van der Waals surface area (Å²) >= 11 is 1.66. The number of anilines is 1. The van der Waals surface area contributed by atoms with Crippen LogP contribution in [0.5, 0.6) is 0 Å². The number of nitrogen functional groups attached to an aromatic ring is 1. The highest BCUT2D eigenvalue weighted by Crippen LogP contribution is 2.42. The number of carbonyl (C=O) groups excluding carboxylic acids is 1. The zero-order chi connectivity index (χ0) is 12.0. The summed E-state index contributed by atoms with van der Waals surface area (Å²) in [6.07, 6.45) is 2.02. The van der Waals surface area contributed by atoms with Gasteiger partial charge in [-0.05, 0) is 30.0 Å². The minimum atomic E-state index is 0.0817. The van der Waals surface area contributed by atoms with Gasteiger partial charge in [0.15, 0.2) is 5.78 Å². The van der Waals surface area contributed by atoms with Gasteiger partial charge < -0.3 is 5.73 Å². The molecule has 0 unspecified atom stereocenters. The maximum Gasteiger partial charge on any atom is 0.194 e. The van der Waals surface area contributed by atoms with Crippen molar-refractivity contribution in [2.24, 2.45) is 0 Å². The van der Waals surface area contributed by atoms with Crippen LogP contribution in [0.3, 0.4) is 0 Å². The van der Waals surface area contributed by atoms with Crippen molar-refractivity contribution in [1.29, 1.82) is 0 Å². The van der Waals surface area contributed by atoms with Crippen LogP contribution < -0.4 is 5.73 Å². The van der Waals surface area contributed by atoms with Crippen LogP contribution in [0.15, 0.2) is 41.3 Å². The molecule has 0 aromatic heterocycles. The van der Waals surface area contributed by atoms with Crippen LogP contribution in [-0.4, -0.2) is 12.0 Å². The third-order valence-electron chi connectivity index (χ3n) is 3.05. The van der Waals surface area contributed by atoms with Gasteiger partial charge in [-0.1, -0.05) is 18.2 Å². The Morgan fingerprint density at radius 3 is 2.65 bits per heavy atom. The Labute approximate surface area is 104 Å². The molecule has 17 heavy (non-hydrogen) atoms. The summed E-state index contributed by atoms with van der Waals surface area (Å²) in [5, 5.41) is 0. The molecule has 0 atom stereocenters. The van der Waals surface area contributed by atoms with Crippen LogP contribution in [0.25, 0.3) is 11.1 Å². The van der Waals surface area contributed by atoms with E-state index in [-0.39, 0.29) is 5.78 Å². The SMILES string of the molecule is CSc1cccc2c1-c1ccc(N)cc1C2=O. The van der Waals surface area contributed by atoms with Gasteiger partial charge in [0.25, 0.3) is 0 Å². The van der Waals surface area contributed by atoms with E-state index in [1.54, 1.807) is 17.8 Å². The second kappa shape index (κ2) is 3.64. The fraction of sp³-hybridized carbons (Fsp3) is 0.0714. The van der Waals surface area contributed by atoms with Crippen LogP contribution in [0.4, 0.5) is 5.69 Å². The van der Waals surface area contributed by atoms with E-state index in [4.69, 9.17) is 5.73 Å². The molecular weight excluding hydrogens is 230 g/mol. The highest BCUT2D eigenvalue weighted by atomic mass is 32.2. The molecule has 2 nitrogen and oxygen atoms in total. The molecule has 3 rings (SSSR count). The summed E-state index contributed by atoms with van der Waals surface area (Å²) < 4.78 is 0. The van der Waals surface area contributed by atoms with Gasteiger partial charge in [0.05, 0.1) is 0 Å². The molecule has 1 aliphatic rings. The number of ketones is 1. The Kier molecular flexibility index (Phi) is 2.23. The van der Waals surface area contributed by atoms with Crippen molar-refractivity contribution in [3.8, 4) is 11.1 Å². The summed E-state index contributed by atoms with van der Waals surface area (Å²) in [4.78, 5) is 13.4. The molecule has 0 bridgehead atoms. The van der Waals surface area contributed by atoms with Gasteiger partial charge in [-0.15, -0.1) is 11.8 Å². The lowest BCUT2D eigenvalue weighted by atomic mass is 10.1. The summed E-state index contributed by atoms with van der Waals surface area (Å²) in [7, 11) is 0. The van der Waals surface area contributed by atoms with Gasteiger partial charge in [0, 0.05) is 27.3 Å². The molecule has 2 N–H and O–H groups in total. The van der Waals surface area contributed by atoms with E-state index < -0.39 is 0 Å². The Morgan fingerprint density at radius 2 is 1.88 bits per heavy atom. The average molecular weight is 241 g/mol. The van der Waals surface area contributed by atoms with Gasteiger partial charge in [-0.2, -0.15) is 0 Å². The molecule has 0 aliphatic heterocycles. The van der Waals surface area contributed by atoms with E-state index in [2.05, 4.69) is 0 Å². The molecule has 0 saturated heterocycles. The van der Waals surface area contributed by atoms with E-state index in [0.29, 0.717) is 5.69 Å². The van der Waals surface area contributed by atoms with Crippen molar-refractivity contribution < 1.29 is 4.79 Å². The lowest BCUT2D eigenvalue weighted by Gasteiger charge is -2.05. The van der Waals surface area contributed by atoms with Crippen LogP contribution in [0.2, 0.25) is 0 Å². The standard InChI is InChI=1S/C14H11NOS/c1-17-12-4-2-3-10-13(12)9-6-5-8(15)7-11(9)14(10)16/h2-7H,15H2,1H3. The van der Waals surface area contributed by atoms with Crippen LogP contribution in [0.1, 0.15) is 15.9 Å². The minimum absolute atomic E-state index is 0.0817. The van der Waals surface area contributed by atoms with Crippen molar-refractivity contribution in [3.05, 3.63) is 47.5 Å². The van der Waals surface area contributed by atoms with Crippen molar-refractivity contribution in [3.63, 3.8) is 0 Å². The highest BCUT2D eigenvalue weighted by molar-refractivity contribution is 7.98. The molecule has 0 amide bonds. The zero-order valence-electron chi connectivity index (χ0n) is 9.36. The molecule has 0 radical (unpaired) electrons. The largest absolute Gasteiger partial charge is 0.399 e. The first-order valence-electron chi connectivity index (χ1n) is 5.34. The van der Waals surface area contributed by atoms with Crippen LogP contribution >= 0.6 is 11.8 Å². The van der Waals surface area contributed by atoms with Crippen molar-refractivity contribution >= 4 is 23.2 Å². The Balaban J connectivity index is 2.37. The Morgan fingerprint density at radius 1 is 1.06 bits per heavy atom. The number of carbonyl (C=O) groups is 1. The quantitative estimate of drug-likeness (QED) is 0.525. The summed E-state index contributed by atoms with van der Waals surface area (Å²) in [6, 6.07) is 11.4. The molecule has 2 aromatic rings. The predicted octanol–water partition coefficient (Wildman–Crippen LogP) is 3.20. The lowest BCUT2D eigenvalue weighted by molar-refractivity contribution is 0.104. The summed E-state index contributed by atoms with van der Waals surface area (Å²) in [6.45, 7) is 0. The maximum atomic E-state index is 12.2. The van der Waals surface area contributed by atoms with E-state index >= 15 is 0 Å². The molecular formula is C14H11NOS. The number of benzene rings is 2. The first kappa shape index (κ1) is 10.4. The van der Waals surface area contributed by atoms with E-state index in [0.717, 1.165) is 27.1 Å². The second-order valence-electron chi connectivity index (χ2n) is 4.02. The molecule has 0 fully saturated rings. The fourth-order valence-corrected chi connectivity index (χ4v) is 2.92. The number of thioether (sulfide) groups is 1. The van der Waals surface area contributed by atoms with E-state index in [1.165, 1.54) is 0 Å². The zero-order valence-corrected chi connectivity index (χ0v) is 10.2. The number of hydrogen-bond acceptors (Lipinski definition) is 3. The molecule has 0 spiro atoms. The lowest BCUT2D eigenvalue weighted by Crippen LogP contribution is -1.96. The first-order chi connectivity index (χ1) is 8.22. The van der Waals surface area contributed by atoms with Crippen LogP contribution in [0, 0.1) is 0 Å². The Bertz CT molecular complexity index is 630. The second-order valence-corrected chi connectivity index (χ2v) is 4.87. The van der Waals surface area contributed by atoms with Gasteiger partial charge in [-0.3, -0.25) is 4.79 Å². The van der Waals surface area contributed by atoms with E-state index in [9.17, 15) is 4.79 Å². The molecule has 2 aromatic carbocycles. The number of hydrogen-bond donors (Lipinski definition) is 1. The molecule has 3 heteroatoms. The van der Waals surface area contributed by atoms with Gasteiger partial charge >= 0.3 is 0 Å². The monoisotopic (exact) mass is 241 g/mol. The van der Waals surface area contributed by atoms with Gasteiger partial charge in [0.1, 0.15) is 0 Å². The van der Waals surface area contributed by atoms with Crippen molar-refractivity contribution in [2.45, 2.75) is 4.90 Å². The van der Waals surface area contributed by atoms with Crippen molar-refractivity contribution in [1.82, 2.24) is 0 Å². The third-order valence-corrected chi connectivity index (χ3v) is 3.83. The molecule has 0 heterocycles. The van der Waals surface area contributed by atoms with Gasteiger partial charge in [0.2, 0.25) is 0 Å². The summed E-state index contributed by atoms with van der Waals surface area (Å²) in [5.41, 5.74) is 9.95. The molecule has 84 valence electrons. The smallest absolute Gasteiger partial charge is 0.194 e. The van der Waals surface area contributed by atoms with E-state index in [1.807, 2.05) is 36.6 Å². The minimum Gasteiger partial charge on any atom is -0.399 e. The average Bonchev–Trinajstić information content (AvgIpc) is 2.63. The van der Waals surface area contributed by atoms with Crippen molar-refractivity contribution in [2.75, 3.05) is 12.0 Å². The topological polar surface area (TPSA) is 43.1 Å². The third kappa shape index (κ3) is 1.39.